The van der Waals surface area contributed by atoms with Gasteiger partial charge < -0.3 is 9.80 Å². The first-order valence-corrected chi connectivity index (χ1v) is 20.8. The topological polar surface area (TPSA) is 208 Å². The third kappa shape index (κ3) is 9.43. The minimum atomic E-state index is -4.47. The van der Waals surface area contributed by atoms with Crippen molar-refractivity contribution >= 4 is 53.8 Å². The Labute approximate surface area is 292 Å². The fraction of sp³-hybridized carbons (Fsp3) is 0.484. The Balaban J connectivity index is 1.71. The number of nitrogens with zero attached hydrogens (tertiary/aromatic N) is 2. The van der Waals surface area contributed by atoms with Gasteiger partial charge in [-0.1, -0.05) is 44.9 Å². The van der Waals surface area contributed by atoms with Gasteiger partial charge in [-0.05, 0) is 79.3 Å². The molecule has 0 aromatic heterocycles. The molecule has 2 heterocycles. The van der Waals surface area contributed by atoms with Crippen LogP contribution in [0.1, 0.15) is 64.5 Å². The molecule has 14 nitrogen and oxygen atoms in total. The first kappa shape index (κ1) is 39.3. The van der Waals surface area contributed by atoms with Crippen molar-refractivity contribution in [2.45, 2.75) is 80.0 Å². The molecule has 0 saturated carbocycles. The number of allylic oxidation sites excluding steroid dienone is 3. The van der Waals surface area contributed by atoms with Gasteiger partial charge in [-0.15, -0.1) is 4.33 Å². The fourth-order valence-corrected chi connectivity index (χ4v) is 8.66. The Bertz CT molecular complexity index is 1920. The van der Waals surface area contributed by atoms with Gasteiger partial charge in [-0.25, -0.2) is 5.26 Å². The van der Waals surface area contributed by atoms with E-state index in [9.17, 15) is 38.9 Å². The summed E-state index contributed by atoms with van der Waals surface area (Å²) in [6, 6.07) is 9.78. The summed E-state index contributed by atoms with van der Waals surface area (Å²) in [7, 11) is -12.7. The molecule has 0 saturated heterocycles. The molecule has 4 N–H and O–H groups in total. The normalized spacial score (nSPS) is 19.6. The smallest absolute Gasteiger partial charge is 0.294 e. The molecule has 2 aromatic rings. The van der Waals surface area contributed by atoms with Crippen LogP contribution >= 0.6 is 12.0 Å². The summed E-state index contributed by atoms with van der Waals surface area (Å²) in [4.78, 5) is 4.57. The van der Waals surface area contributed by atoms with E-state index >= 15 is 0 Å². The summed E-state index contributed by atoms with van der Waals surface area (Å²) in [6.45, 7) is 8.83. The first-order valence-electron chi connectivity index (χ1n) is 15.4. The third-order valence-electron chi connectivity index (χ3n) is 9.00. The molecule has 0 aliphatic carbocycles. The van der Waals surface area contributed by atoms with E-state index in [1.54, 1.807) is 12.1 Å². The lowest BCUT2D eigenvalue weighted by molar-refractivity contribution is -0.432. The van der Waals surface area contributed by atoms with Crippen molar-refractivity contribution in [3.63, 3.8) is 0 Å². The minimum absolute atomic E-state index is 0.203. The predicted molar refractivity (Wildman–Crippen MR) is 186 cm³/mol. The van der Waals surface area contributed by atoms with E-state index < -0.39 is 46.9 Å². The Kier molecular flexibility index (Phi) is 12.0. The molecule has 2 aromatic carbocycles. The summed E-state index contributed by atoms with van der Waals surface area (Å²) >= 11 is 0.835. The predicted octanol–water partition coefficient (Wildman–Crippen LogP) is 5.40. The van der Waals surface area contributed by atoms with Crippen molar-refractivity contribution in [3.8, 4) is 0 Å². The van der Waals surface area contributed by atoms with E-state index in [4.69, 9.17) is 5.26 Å². The molecule has 0 fully saturated rings. The van der Waals surface area contributed by atoms with Crippen molar-refractivity contribution in [3.05, 3.63) is 71.5 Å². The van der Waals surface area contributed by atoms with Gasteiger partial charge >= 0.3 is 0 Å². The third-order valence-corrected chi connectivity index (χ3v) is 12.0. The zero-order valence-corrected chi connectivity index (χ0v) is 30.8. The van der Waals surface area contributed by atoms with Crippen LogP contribution in [-0.2, 0) is 50.6 Å². The highest BCUT2D eigenvalue weighted by molar-refractivity contribution is 7.94. The molecule has 0 spiro atoms. The van der Waals surface area contributed by atoms with Crippen LogP contribution in [0.2, 0.25) is 0 Å². The largest absolute Gasteiger partial charge is 0.364 e. The van der Waals surface area contributed by atoms with Crippen molar-refractivity contribution < 1.29 is 53.5 Å². The highest BCUT2D eigenvalue weighted by atomic mass is 32.2. The van der Waals surface area contributed by atoms with E-state index in [-0.39, 0.29) is 29.5 Å². The summed E-state index contributed by atoms with van der Waals surface area (Å²) in [5, 5.41) is 12.4. The Morgan fingerprint density at radius 2 is 1.43 bits per heavy atom. The standard InChI is InChI=1S/C31H42N2O12S4/c1-30(2)24-20-22(46-45-44-34)12-14-26(24)32(16-5-7-18-47(35,36)37)28(30)10-9-11-29-31(3,4)25-21-23(49(41,42)43)13-15-27(25)33(29)17-6-8-19-48(38,39)40/h9-15,20-21,28,34H,5-8,16-19H2,1-4H3,(H,35,36,37)(H,38,39,40)(H,41,42,43). The summed E-state index contributed by atoms with van der Waals surface area (Å²) in [6.07, 6.45) is 7.19. The van der Waals surface area contributed by atoms with E-state index in [1.165, 1.54) is 12.1 Å². The number of benzene rings is 2. The van der Waals surface area contributed by atoms with Crippen LogP contribution in [0, 0.1) is 0 Å². The molecule has 49 heavy (non-hydrogen) atoms. The van der Waals surface area contributed by atoms with Gasteiger partial charge in [0.15, 0.2) is 0 Å². The monoisotopic (exact) mass is 762 g/mol. The lowest BCUT2D eigenvalue weighted by Crippen LogP contribution is -2.40. The molecule has 1 atom stereocenters. The van der Waals surface area contributed by atoms with Gasteiger partial charge in [0.25, 0.3) is 30.4 Å². The Morgan fingerprint density at radius 3 is 2.02 bits per heavy atom. The second-order valence-electron chi connectivity index (χ2n) is 13.1. The average molecular weight is 763 g/mol. The van der Waals surface area contributed by atoms with Crippen LogP contribution in [0.25, 0.3) is 0 Å². The first-order chi connectivity index (χ1) is 22.7. The van der Waals surface area contributed by atoms with Crippen molar-refractivity contribution in [2.24, 2.45) is 0 Å². The quantitative estimate of drug-likeness (QED) is 0.0555. The SMILES string of the molecule is CC1(C)C(=CC=CC2N(CCCCS(=O)(=O)O)c3ccc(SOOO)cc3C2(C)C)N(CCCCS(=O)(=O)O)c2ccc(S(=O)(=O)O)cc21. The molecule has 4 rings (SSSR count). The van der Waals surface area contributed by atoms with Gasteiger partial charge in [0.05, 0.1) is 34.5 Å². The highest BCUT2D eigenvalue weighted by Crippen LogP contribution is 2.50. The second kappa shape index (κ2) is 15.0. The molecule has 18 heteroatoms. The van der Waals surface area contributed by atoms with Gasteiger partial charge in [0.2, 0.25) is 0 Å². The lowest BCUT2D eigenvalue weighted by atomic mass is 9.80. The van der Waals surface area contributed by atoms with Gasteiger partial charge in [-0.2, -0.15) is 25.3 Å². The molecular weight excluding hydrogens is 721 g/mol. The highest BCUT2D eigenvalue weighted by Gasteiger charge is 2.44. The lowest BCUT2D eigenvalue weighted by Gasteiger charge is -2.32. The summed E-state index contributed by atoms with van der Waals surface area (Å²) in [5.41, 5.74) is 2.85. The maximum absolute atomic E-state index is 12.0. The van der Waals surface area contributed by atoms with Crippen molar-refractivity contribution in [1.29, 1.82) is 0 Å². The summed E-state index contributed by atoms with van der Waals surface area (Å²) in [5.74, 6) is -0.749. The van der Waals surface area contributed by atoms with Gasteiger partial charge in [0.1, 0.15) is 0 Å². The number of hydrogen-bond acceptors (Lipinski definition) is 12. The average Bonchev–Trinajstić information content (AvgIpc) is 3.33. The van der Waals surface area contributed by atoms with E-state index in [2.05, 4.69) is 28.1 Å². The number of rotatable bonds is 16. The summed E-state index contributed by atoms with van der Waals surface area (Å²) < 4.78 is 102. The molecule has 1 unspecified atom stereocenters. The maximum atomic E-state index is 12.0. The zero-order chi connectivity index (χ0) is 36.4. The van der Waals surface area contributed by atoms with Crippen LogP contribution in [0.5, 0.6) is 0 Å². The van der Waals surface area contributed by atoms with Crippen molar-refractivity contribution in [1.82, 2.24) is 0 Å². The second-order valence-corrected chi connectivity index (χ2v) is 18.5. The van der Waals surface area contributed by atoms with Crippen LogP contribution in [0.4, 0.5) is 11.4 Å². The minimum Gasteiger partial charge on any atom is -0.364 e. The molecule has 2 aliphatic heterocycles. The molecule has 0 bridgehead atoms. The zero-order valence-electron chi connectivity index (χ0n) is 27.5. The number of anilines is 2. The molecular formula is C31H42N2O12S4. The van der Waals surface area contributed by atoms with Gasteiger partial charge in [0, 0.05) is 45.9 Å². The van der Waals surface area contributed by atoms with Crippen LogP contribution in [-0.4, -0.2) is 74.8 Å². The van der Waals surface area contributed by atoms with Crippen LogP contribution in [0.3, 0.4) is 0 Å². The van der Waals surface area contributed by atoms with E-state index in [1.807, 2.05) is 49.1 Å². The van der Waals surface area contributed by atoms with Gasteiger partial charge in [-0.3, -0.25) is 13.7 Å². The molecule has 0 radical (unpaired) electrons. The Morgan fingerprint density at radius 1 is 0.816 bits per heavy atom. The number of fused-ring (bicyclic) bond motifs is 2. The van der Waals surface area contributed by atoms with Crippen LogP contribution < -0.4 is 9.80 Å². The van der Waals surface area contributed by atoms with E-state index in [0.717, 1.165) is 29.0 Å². The van der Waals surface area contributed by atoms with Crippen molar-refractivity contribution in [2.75, 3.05) is 34.4 Å². The molecule has 0 amide bonds. The van der Waals surface area contributed by atoms with Crippen LogP contribution in [0.15, 0.2) is 70.1 Å². The molecule has 2 aliphatic rings. The number of hydrogen-bond donors (Lipinski definition) is 4. The fourth-order valence-electron chi connectivity index (χ4n) is 6.62. The Hall–Kier alpha value is -2.52. The number of unbranched alkanes of at least 4 members (excludes halogenated alkanes) is 2. The van der Waals surface area contributed by atoms with E-state index in [0.29, 0.717) is 42.1 Å². The maximum Gasteiger partial charge on any atom is 0.294 e. The molecule has 272 valence electrons.